The maximum atomic E-state index is 11.4. The van der Waals surface area contributed by atoms with Crippen LogP contribution < -0.4 is 0 Å². The fourth-order valence-electron chi connectivity index (χ4n) is 3.82. The summed E-state index contributed by atoms with van der Waals surface area (Å²) >= 11 is 0. The molecule has 1 aliphatic heterocycles. The monoisotopic (exact) mass is 369 g/mol. The van der Waals surface area contributed by atoms with Crippen LogP contribution >= 0.6 is 0 Å². The van der Waals surface area contributed by atoms with Crippen molar-refractivity contribution in [3.05, 3.63) is 47.5 Å². The van der Waals surface area contributed by atoms with Gasteiger partial charge in [-0.3, -0.25) is 9.69 Å². The van der Waals surface area contributed by atoms with Gasteiger partial charge < -0.3 is 5.11 Å². The Kier molecular flexibility index (Phi) is 8.80. The molecule has 1 N–H and O–H groups in total. The van der Waals surface area contributed by atoms with Crippen LogP contribution in [0, 0.1) is 5.92 Å². The highest BCUT2D eigenvalue weighted by atomic mass is 16.4. The minimum Gasteiger partial charge on any atom is -0.481 e. The van der Waals surface area contributed by atoms with Gasteiger partial charge in [0.15, 0.2) is 0 Å². The molecule has 3 rings (SSSR count). The zero-order chi connectivity index (χ0) is 19.6. The SMILES string of the molecule is CC.CCc1ccc2cc(CN3CCCCCC(C(=O)O)CC3)ccc2c1. The number of carboxylic acid groups (broad SMARTS) is 1. The highest BCUT2D eigenvalue weighted by molar-refractivity contribution is 5.83. The van der Waals surface area contributed by atoms with Crippen LogP contribution in [0.5, 0.6) is 0 Å². The van der Waals surface area contributed by atoms with Crippen molar-refractivity contribution in [2.24, 2.45) is 5.92 Å². The number of aryl methyl sites for hydroxylation is 1. The number of carbonyl (C=O) groups is 1. The molecule has 1 fully saturated rings. The van der Waals surface area contributed by atoms with E-state index in [0.29, 0.717) is 0 Å². The molecule has 0 bridgehead atoms. The van der Waals surface area contributed by atoms with Crippen LogP contribution in [-0.4, -0.2) is 29.1 Å². The molecular formula is C24H35NO2. The molecule has 2 aromatic carbocycles. The van der Waals surface area contributed by atoms with Crippen LogP contribution in [0.3, 0.4) is 0 Å². The smallest absolute Gasteiger partial charge is 0.306 e. The highest BCUT2D eigenvalue weighted by Crippen LogP contribution is 2.22. The second-order valence-corrected chi connectivity index (χ2v) is 7.32. The van der Waals surface area contributed by atoms with Crippen LogP contribution in [0.15, 0.2) is 36.4 Å². The third-order valence-electron chi connectivity index (χ3n) is 5.45. The van der Waals surface area contributed by atoms with Crippen molar-refractivity contribution in [2.75, 3.05) is 13.1 Å². The first-order valence-corrected chi connectivity index (χ1v) is 10.6. The lowest BCUT2D eigenvalue weighted by Crippen LogP contribution is -2.27. The average Bonchev–Trinajstić information content (AvgIpc) is 2.81. The largest absolute Gasteiger partial charge is 0.481 e. The predicted molar refractivity (Wildman–Crippen MR) is 114 cm³/mol. The second-order valence-electron chi connectivity index (χ2n) is 7.32. The number of aliphatic carboxylic acids is 1. The molecule has 2 aromatic rings. The third kappa shape index (κ3) is 6.35. The summed E-state index contributed by atoms with van der Waals surface area (Å²) in [6.07, 6.45) is 6.01. The van der Waals surface area contributed by atoms with E-state index in [-0.39, 0.29) is 5.92 Å². The molecule has 0 saturated carbocycles. The van der Waals surface area contributed by atoms with Gasteiger partial charge in [-0.2, -0.15) is 0 Å². The summed E-state index contributed by atoms with van der Waals surface area (Å²) in [5, 5.41) is 12.0. The van der Waals surface area contributed by atoms with E-state index < -0.39 is 5.97 Å². The summed E-state index contributed by atoms with van der Waals surface area (Å²) in [6.45, 7) is 9.05. The van der Waals surface area contributed by atoms with Crippen molar-refractivity contribution < 1.29 is 9.90 Å². The minimum atomic E-state index is -0.626. The van der Waals surface area contributed by atoms with Crippen molar-refractivity contribution in [1.29, 1.82) is 0 Å². The Hall–Kier alpha value is -1.87. The van der Waals surface area contributed by atoms with Gasteiger partial charge in [-0.25, -0.2) is 0 Å². The Bertz CT molecular complexity index is 725. The maximum Gasteiger partial charge on any atom is 0.306 e. The molecule has 1 heterocycles. The number of hydrogen-bond acceptors (Lipinski definition) is 2. The Morgan fingerprint density at radius 2 is 1.63 bits per heavy atom. The normalized spacial score (nSPS) is 18.7. The lowest BCUT2D eigenvalue weighted by Gasteiger charge is -2.23. The molecule has 0 radical (unpaired) electrons. The van der Waals surface area contributed by atoms with Crippen LogP contribution in [-0.2, 0) is 17.8 Å². The van der Waals surface area contributed by atoms with E-state index in [4.69, 9.17) is 0 Å². The molecule has 0 spiro atoms. The van der Waals surface area contributed by atoms with E-state index in [9.17, 15) is 9.90 Å². The average molecular weight is 370 g/mol. The summed E-state index contributed by atoms with van der Waals surface area (Å²) in [4.78, 5) is 13.8. The van der Waals surface area contributed by atoms with E-state index in [1.165, 1.54) is 28.3 Å². The summed E-state index contributed by atoms with van der Waals surface area (Å²) in [5.41, 5.74) is 2.70. The van der Waals surface area contributed by atoms with E-state index >= 15 is 0 Å². The van der Waals surface area contributed by atoms with Gasteiger partial charge >= 0.3 is 5.97 Å². The van der Waals surface area contributed by atoms with E-state index in [0.717, 1.165) is 51.7 Å². The number of carboxylic acids is 1. The summed E-state index contributed by atoms with van der Waals surface area (Å²) < 4.78 is 0. The first-order valence-electron chi connectivity index (χ1n) is 10.6. The van der Waals surface area contributed by atoms with Crippen LogP contribution in [0.1, 0.15) is 64.0 Å². The number of nitrogens with zero attached hydrogens (tertiary/aromatic N) is 1. The molecule has 148 valence electrons. The fraction of sp³-hybridized carbons (Fsp3) is 0.542. The fourth-order valence-corrected chi connectivity index (χ4v) is 3.82. The van der Waals surface area contributed by atoms with Crippen molar-refractivity contribution in [2.45, 2.75) is 65.8 Å². The van der Waals surface area contributed by atoms with Crippen molar-refractivity contribution in [1.82, 2.24) is 4.90 Å². The zero-order valence-electron chi connectivity index (χ0n) is 17.2. The molecule has 27 heavy (non-hydrogen) atoms. The molecule has 1 aliphatic rings. The van der Waals surface area contributed by atoms with Gasteiger partial charge in [0, 0.05) is 6.54 Å². The first kappa shape index (κ1) is 21.4. The van der Waals surface area contributed by atoms with E-state index in [2.05, 4.69) is 48.2 Å². The van der Waals surface area contributed by atoms with Gasteiger partial charge in [-0.15, -0.1) is 0 Å². The lowest BCUT2D eigenvalue weighted by molar-refractivity contribution is -0.142. The molecule has 3 nitrogen and oxygen atoms in total. The summed E-state index contributed by atoms with van der Waals surface area (Å²) in [5.74, 6) is -0.802. The van der Waals surface area contributed by atoms with Crippen LogP contribution in [0.4, 0.5) is 0 Å². The first-order chi connectivity index (χ1) is 13.2. The quantitative estimate of drug-likeness (QED) is 0.730. The molecule has 1 atom stereocenters. The molecule has 0 aromatic heterocycles. The minimum absolute atomic E-state index is 0.176. The Morgan fingerprint density at radius 1 is 0.963 bits per heavy atom. The number of fused-ring (bicyclic) bond motifs is 1. The second kappa shape index (κ2) is 11.1. The van der Waals surface area contributed by atoms with Crippen molar-refractivity contribution in [3.63, 3.8) is 0 Å². The molecule has 0 aliphatic carbocycles. The zero-order valence-corrected chi connectivity index (χ0v) is 17.2. The van der Waals surface area contributed by atoms with E-state index in [1.54, 1.807) is 0 Å². The van der Waals surface area contributed by atoms with Crippen LogP contribution in [0.2, 0.25) is 0 Å². The van der Waals surface area contributed by atoms with Gasteiger partial charge in [0.2, 0.25) is 0 Å². The third-order valence-corrected chi connectivity index (χ3v) is 5.45. The van der Waals surface area contributed by atoms with Gasteiger partial charge in [0.05, 0.1) is 5.92 Å². The number of hydrogen-bond donors (Lipinski definition) is 1. The number of benzene rings is 2. The van der Waals surface area contributed by atoms with E-state index in [1.807, 2.05) is 13.8 Å². The van der Waals surface area contributed by atoms with Gasteiger partial charge in [-0.05, 0) is 66.7 Å². The molecule has 1 saturated heterocycles. The van der Waals surface area contributed by atoms with Gasteiger partial charge in [-0.1, -0.05) is 63.9 Å². The number of rotatable bonds is 4. The van der Waals surface area contributed by atoms with Gasteiger partial charge in [0.1, 0.15) is 0 Å². The Morgan fingerprint density at radius 3 is 2.30 bits per heavy atom. The Balaban J connectivity index is 0.00000126. The molecule has 1 unspecified atom stereocenters. The standard InChI is InChI=1S/C22H29NO2.C2H6/c1-2-17-7-9-21-15-18(8-10-20(21)14-17)16-23-12-5-3-4-6-19(11-13-23)22(24)25;1-2/h7-10,14-15,19H,2-6,11-13,16H2,1H3,(H,24,25);1-2H3. The van der Waals surface area contributed by atoms with Crippen LogP contribution in [0.25, 0.3) is 10.8 Å². The molecular weight excluding hydrogens is 334 g/mol. The topological polar surface area (TPSA) is 40.5 Å². The molecule has 0 amide bonds. The maximum absolute atomic E-state index is 11.4. The van der Waals surface area contributed by atoms with Crippen molar-refractivity contribution >= 4 is 16.7 Å². The predicted octanol–water partition coefficient (Wildman–Crippen LogP) is 5.90. The van der Waals surface area contributed by atoms with Crippen molar-refractivity contribution in [3.8, 4) is 0 Å². The lowest BCUT2D eigenvalue weighted by atomic mass is 9.98. The molecule has 3 heteroatoms. The van der Waals surface area contributed by atoms with Gasteiger partial charge in [0.25, 0.3) is 0 Å². The highest BCUT2D eigenvalue weighted by Gasteiger charge is 2.20. The summed E-state index contributed by atoms with van der Waals surface area (Å²) in [6, 6.07) is 13.4. The summed E-state index contributed by atoms with van der Waals surface area (Å²) in [7, 11) is 0. The Labute approximate surface area is 164 Å².